The van der Waals surface area contributed by atoms with E-state index in [4.69, 9.17) is 9.47 Å². The van der Waals surface area contributed by atoms with E-state index in [-0.39, 0.29) is 18.5 Å². The largest absolute Gasteiger partial charge is 0.454 e. The number of benzene rings is 1. The van der Waals surface area contributed by atoms with Crippen LogP contribution in [0, 0.1) is 5.92 Å². The molecule has 0 saturated carbocycles. The number of rotatable bonds is 3. The summed E-state index contributed by atoms with van der Waals surface area (Å²) in [6.45, 7) is 1.72. The van der Waals surface area contributed by atoms with Crippen molar-refractivity contribution < 1.29 is 17.9 Å². The van der Waals surface area contributed by atoms with Crippen LogP contribution in [-0.2, 0) is 9.84 Å². The normalized spacial score (nSPS) is 19.1. The Balaban J connectivity index is 1.87. The molecule has 0 spiro atoms. The van der Waals surface area contributed by atoms with E-state index < -0.39 is 9.84 Å². The molecule has 0 bridgehead atoms. The molecule has 2 aliphatic rings. The SMILES string of the molecule is O=S(=O)(CC1CNC1)c1ccc2c(c1)OCO2. The van der Waals surface area contributed by atoms with Crippen LogP contribution in [0.2, 0.25) is 0 Å². The first-order valence-corrected chi connectivity index (χ1v) is 7.13. The summed E-state index contributed by atoms with van der Waals surface area (Å²) in [5.41, 5.74) is 0. The molecule has 92 valence electrons. The van der Waals surface area contributed by atoms with Gasteiger partial charge in [0.15, 0.2) is 21.3 Å². The van der Waals surface area contributed by atoms with Gasteiger partial charge in [0.2, 0.25) is 6.79 Å². The highest BCUT2D eigenvalue weighted by Gasteiger charge is 2.27. The molecule has 0 aromatic heterocycles. The minimum Gasteiger partial charge on any atom is -0.454 e. The number of sulfone groups is 1. The molecule has 6 heteroatoms. The van der Waals surface area contributed by atoms with E-state index in [0.29, 0.717) is 16.4 Å². The number of nitrogens with one attached hydrogen (secondary N) is 1. The van der Waals surface area contributed by atoms with Crippen LogP contribution >= 0.6 is 0 Å². The van der Waals surface area contributed by atoms with Gasteiger partial charge < -0.3 is 14.8 Å². The molecule has 1 fully saturated rings. The fourth-order valence-electron chi connectivity index (χ4n) is 1.94. The lowest BCUT2D eigenvalue weighted by molar-refractivity contribution is 0.174. The van der Waals surface area contributed by atoms with Gasteiger partial charge >= 0.3 is 0 Å². The molecule has 17 heavy (non-hydrogen) atoms. The van der Waals surface area contributed by atoms with Crippen molar-refractivity contribution in [2.24, 2.45) is 5.92 Å². The molecule has 3 rings (SSSR count). The second kappa shape index (κ2) is 3.89. The van der Waals surface area contributed by atoms with Gasteiger partial charge in [-0.1, -0.05) is 0 Å². The van der Waals surface area contributed by atoms with Crippen molar-refractivity contribution in [3.05, 3.63) is 18.2 Å². The first kappa shape index (κ1) is 10.9. The summed E-state index contributed by atoms with van der Waals surface area (Å²) in [6, 6.07) is 4.77. The summed E-state index contributed by atoms with van der Waals surface area (Å²) in [5.74, 6) is 1.54. The quantitative estimate of drug-likeness (QED) is 0.847. The predicted octanol–water partition coefficient (Wildman–Crippen LogP) is 0.408. The highest BCUT2D eigenvalue weighted by Crippen LogP contribution is 2.34. The van der Waals surface area contributed by atoms with Gasteiger partial charge in [-0.25, -0.2) is 8.42 Å². The molecular weight excluding hydrogens is 242 g/mol. The molecule has 5 nitrogen and oxygen atoms in total. The number of fused-ring (bicyclic) bond motifs is 1. The summed E-state index contributed by atoms with van der Waals surface area (Å²) < 4.78 is 34.6. The highest BCUT2D eigenvalue weighted by molar-refractivity contribution is 7.91. The fourth-order valence-corrected chi connectivity index (χ4v) is 3.55. The van der Waals surface area contributed by atoms with E-state index in [9.17, 15) is 8.42 Å². The van der Waals surface area contributed by atoms with E-state index >= 15 is 0 Å². The van der Waals surface area contributed by atoms with Crippen molar-refractivity contribution >= 4 is 9.84 Å². The monoisotopic (exact) mass is 255 g/mol. The van der Waals surface area contributed by atoms with Crippen LogP contribution < -0.4 is 14.8 Å². The molecule has 1 aromatic carbocycles. The predicted molar refractivity (Wildman–Crippen MR) is 61.0 cm³/mol. The maximum absolute atomic E-state index is 12.1. The Kier molecular flexibility index (Phi) is 2.48. The van der Waals surface area contributed by atoms with Gasteiger partial charge in [-0.3, -0.25) is 0 Å². The molecule has 0 amide bonds. The molecule has 0 aliphatic carbocycles. The van der Waals surface area contributed by atoms with Crippen LogP contribution in [-0.4, -0.2) is 34.1 Å². The van der Waals surface area contributed by atoms with Crippen LogP contribution in [0.15, 0.2) is 23.1 Å². The summed E-state index contributed by atoms with van der Waals surface area (Å²) >= 11 is 0. The number of ether oxygens (including phenoxy) is 2. The van der Waals surface area contributed by atoms with Crippen LogP contribution in [0.1, 0.15) is 0 Å². The van der Waals surface area contributed by atoms with Gasteiger partial charge in [0.1, 0.15) is 0 Å². The van der Waals surface area contributed by atoms with Gasteiger partial charge in [-0.2, -0.15) is 0 Å². The molecule has 2 heterocycles. The third-order valence-electron chi connectivity index (χ3n) is 3.02. The zero-order chi connectivity index (χ0) is 11.9. The zero-order valence-electron chi connectivity index (χ0n) is 9.18. The van der Waals surface area contributed by atoms with Crippen LogP contribution in [0.3, 0.4) is 0 Å². The molecule has 1 saturated heterocycles. The second-order valence-corrected chi connectivity index (χ2v) is 6.35. The second-order valence-electron chi connectivity index (χ2n) is 4.32. The molecule has 1 N–H and O–H groups in total. The summed E-state index contributed by atoms with van der Waals surface area (Å²) in [6.07, 6.45) is 0. The highest BCUT2D eigenvalue weighted by atomic mass is 32.2. The Morgan fingerprint density at radius 3 is 2.71 bits per heavy atom. The van der Waals surface area contributed by atoms with Crippen molar-refractivity contribution in [1.29, 1.82) is 0 Å². The van der Waals surface area contributed by atoms with Gasteiger partial charge in [0.05, 0.1) is 10.6 Å². The standard InChI is InChI=1S/C11H13NO4S/c13-17(14,6-8-4-12-5-8)9-1-2-10-11(3-9)16-7-15-10/h1-3,8,12H,4-7H2. The van der Waals surface area contributed by atoms with Crippen LogP contribution in [0.25, 0.3) is 0 Å². The molecule has 0 radical (unpaired) electrons. The van der Waals surface area contributed by atoms with Gasteiger partial charge in [-0.05, 0) is 18.1 Å². The smallest absolute Gasteiger partial charge is 0.231 e. The van der Waals surface area contributed by atoms with E-state index in [2.05, 4.69) is 5.32 Å². The summed E-state index contributed by atoms with van der Waals surface area (Å²) in [4.78, 5) is 0.314. The Bertz CT molecular complexity index is 536. The molecule has 0 unspecified atom stereocenters. The molecular formula is C11H13NO4S. The van der Waals surface area contributed by atoms with E-state index in [1.54, 1.807) is 18.2 Å². The lowest BCUT2D eigenvalue weighted by atomic mass is 10.1. The van der Waals surface area contributed by atoms with Gasteiger partial charge in [0.25, 0.3) is 0 Å². The van der Waals surface area contributed by atoms with Crippen LogP contribution in [0.5, 0.6) is 11.5 Å². The number of hydrogen-bond acceptors (Lipinski definition) is 5. The molecule has 0 atom stereocenters. The van der Waals surface area contributed by atoms with Gasteiger partial charge in [0, 0.05) is 19.2 Å². The van der Waals surface area contributed by atoms with Crippen molar-refractivity contribution in [3.63, 3.8) is 0 Å². The molecule has 1 aromatic rings. The fraction of sp³-hybridized carbons (Fsp3) is 0.455. The Hall–Kier alpha value is -1.27. The average molecular weight is 255 g/mol. The van der Waals surface area contributed by atoms with Crippen molar-refractivity contribution in [1.82, 2.24) is 5.32 Å². The molecule has 2 aliphatic heterocycles. The first-order chi connectivity index (χ1) is 8.15. The topological polar surface area (TPSA) is 64.6 Å². The van der Waals surface area contributed by atoms with Gasteiger partial charge in [-0.15, -0.1) is 0 Å². The third-order valence-corrected chi connectivity index (χ3v) is 4.91. The average Bonchev–Trinajstić information content (AvgIpc) is 2.70. The zero-order valence-corrected chi connectivity index (χ0v) is 10.00. The minimum absolute atomic E-state index is 0.158. The van der Waals surface area contributed by atoms with Crippen molar-refractivity contribution in [2.45, 2.75) is 4.90 Å². The Morgan fingerprint density at radius 1 is 1.24 bits per heavy atom. The van der Waals surface area contributed by atoms with Crippen molar-refractivity contribution in [2.75, 3.05) is 25.6 Å². The van der Waals surface area contributed by atoms with E-state index in [1.165, 1.54) is 0 Å². The minimum atomic E-state index is -3.22. The lowest BCUT2D eigenvalue weighted by Gasteiger charge is -2.26. The third kappa shape index (κ3) is 1.98. The lowest BCUT2D eigenvalue weighted by Crippen LogP contribution is -2.45. The Morgan fingerprint density at radius 2 is 2.00 bits per heavy atom. The summed E-state index contributed by atoms with van der Waals surface area (Å²) in [7, 11) is -3.22. The number of hydrogen-bond donors (Lipinski definition) is 1. The maximum atomic E-state index is 12.1. The van der Waals surface area contributed by atoms with Crippen molar-refractivity contribution in [3.8, 4) is 11.5 Å². The van der Waals surface area contributed by atoms with Crippen LogP contribution in [0.4, 0.5) is 0 Å². The van der Waals surface area contributed by atoms with E-state index in [0.717, 1.165) is 13.1 Å². The Labute approximate surface area is 99.6 Å². The van der Waals surface area contributed by atoms with E-state index in [1.807, 2.05) is 0 Å². The summed E-state index contributed by atoms with van der Waals surface area (Å²) in [5, 5.41) is 3.07. The first-order valence-electron chi connectivity index (χ1n) is 5.48. The maximum Gasteiger partial charge on any atom is 0.231 e.